The highest BCUT2D eigenvalue weighted by Crippen LogP contribution is 2.53. The second-order valence-corrected chi connectivity index (χ2v) is 8.07. The van der Waals surface area contributed by atoms with Crippen LogP contribution in [0, 0.1) is 11.3 Å². The maximum atomic E-state index is 10.8. The molecule has 0 amide bonds. The summed E-state index contributed by atoms with van der Waals surface area (Å²) in [4.78, 5) is 6.81. The zero-order chi connectivity index (χ0) is 13.2. The zero-order valence-corrected chi connectivity index (χ0v) is 12.3. The summed E-state index contributed by atoms with van der Waals surface area (Å²) >= 11 is 1.82. The fourth-order valence-electron chi connectivity index (χ4n) is 3.56. The summed E-state index contributed by atoms with van der Waals surface area (Å²) in [6.45, 7) is 4.58. The summed E-state index contributed by atoms with van der Waals surface area (Å²) in [5.41, 5.74) is 1.55. The highest BCUT2D eigenvalue weighted by molar-refractivity contribution is 7.17. The Balaban J connectivity index is 1.72. The Kier molecular flexibility index (Phi) is 2.40. The third-order valence-corrected chi connectivity index (χ3v) is 5.91. The molecule has 2 aromatic heterocycles. The second kappa shape index (κ2) is 3.83. The van der Waals surface area contributed by atoms with Crippen molar-refractivity contribution >= 4 is 16.2 Å². The van der Waals surface area contributed by atoms with Gasteiger partial charge in [0.05, 0.1) is 18.0 Å². The van der Waals surface area contributed by atoms with E-state index in [1.807, 2.05) is 23.9 Å². The van der Waals surface area contributed by atoms with Crippen LogP contribution in [0.3, 0.4) is 0 Å². The van der Waals surface area contributed by atoms with Gasteiger partial charge in [-0.1, -0.05) is 13.8 Å². The van der Waals surface area contributed by atoms with Gasteiger partial charge in [-0.2, -0.15) is 0 Å². The van der Waals surface area contributed by atoms with E-state index < -0.39 is 0 Å². The van der Waals surface area contributed by atoms with E-state index in [1.54, 1.807) is 0 Å². The molecule has 0 saturated heterocycles. The van der Waals surface area contributed by atoms with Gasteiger partial charge in [-0.15, -0.1) is 11.3 Å². The molecule has 4 heteroatoms. The van der Waals surface area contributed by atoms with Gasteiger partial charge in [-0.3, -0.25) is 4.40 Å². The number of hydrogen-bond acceptors (Lipinski definition) is 3. The van der Waals surface area contributed by atoms with Crippen LogP contribution < -0.4 is 0 Å². The molecular formula is C15H20N2OS. The topological polar surface area (TPSA) is 37.5 Å². The number of hydrogen-bond donors (Lipinski definition) is 1. The molecule has 2 fully saturated rings. The van der Waals surface area contributed by atoms with Gasteiger partial charge in [0.15, 0.2) is 0 Å². The Bertz CT molecular complexity index is 615. The largest absolute Gasteiger partial charge is 0.387 e. The average Bonchev–Trinajstić information content (AvgIpc) is 2.95. The van der Waals surface area contributed by atoms with E-state index in [9.17, 15) is 5.11 Å². The summed E-state index contributed by atoms with van der Waals surface area (Å²) in [5.74, 6) is 1.12. The van der Waals surface area contributed by atoms with Crippen LogP contribution in [0.25, 0.3) is 4.83 Å². The Morgan fingerprint density at radius 3 is 2.79 bits per heavy atom. The van der Waals surface area contributed by atoms with Gasteiger partial charge in [0.2, 0.25) is 0 Å². The van der Waals surface area contributed by atoms with Crippen LogP contribution in [-0.2, 0) is 0 Å². The van der Waals surface area contributed by atoms with Crippen molar-refractivity contribution in [3.8, 4) is 0 Å². The lowest BCUT2D eigenvalue weighted by molar-refractivity contribution is -0.0174. The average molecular weight is 276 g/mol. The van der Waals surface area contributed by atoms with Crippen molar-refractivity contribution in [1.29, 1.82) is 0 Å². The maximum absolute atomic E-state index is 10.8. The first kappa shape index (κ1) is 11.9. The summed E-state index contributed by atoms with van der Waals surface area (Å²) < 4.78 is 2.12. The monoisotopic (exact) mass is 276 g/mol. The molecule has 0 radical (unpaired) electrons. The van der Waals surface area contributed by atoms with E-state index in [0.717, 1.165) is 18.5 Å². The van der Waals surface area contributed by atoms with E-state index in [4.69, 9.17) is 0 Å². The van der Waals surface area contributed by atoms with Crippen molar-refractivity contribution in [2.75, 3.05) is 0 Å². The van der Waals surface area contributed by atoms with Gasteiger partial charge >= 0.3 is 0 Å². The van der Waals surface area contributed by atoms with Crippen LogP contribution in [0.5, 0.6) is 0 Å². The minimum atomic E-state index is -0.313. The number of nitrogens with zero attached hydrogens (tertiary/aromatic N) is 2. The number of aliphatic hydroxyl groups is 1. The van der Waals surface area contributed by atoms with Crippen LogP contribution >= 0.6 is 11.3 Å². The van der Waals surface area contributed by atoms with Crippen LogP contribution in [0.1, 0.15) is 62.1 Å². The first-order valence-electron chi connectivity index (χ1n) is 7.18. The van der Waals surface area contributed by atoms with E-state index in [0.29, 0.717) is 17.3 Å². The molecule has 102 valence electrons. The molecule has 1 atom stereocenters. The fourth-order valence-corrected chi connectivity index (χ4v) is 4.86. The van der Waals surface area contributed by atoms with Gasteiger partial charge < -0.3 is 5.11 Å². The van der Waals surface area contributed by atoms with Gasteiger partial charge in [0.25, 0.3) is 0 Å². The van der Waals surface area contributed by atoms with E-state index in [2.05, 4.69) is 23.2 Å². The van der Waals surface area contributed by atoms with E-state index in [-0.39, 0.29) is 6.10 Å². The molecule has 3 nitrogen and oxygen atoms in total. The lowest BCUT2D eigenvalue weighted by atomic mass is 9.62. The van der Waals surface area contributed by atoms with Crippen LogP contribution in [-0.4, -0.2) is 14.5 Å². The minimum absolute atomic E-state index is 0.313. The van der Waals surface area contributed by atoms with Crippen LogP contribution in [0.15, 0.2) is 12.5 Å². The molecule has 1 N–H and O–H groups in total. The lowest BCUT2D eigenvalue weighted by Crippen LogP contribution is -2.36. The maximum Gasteiger partial charge on any atom is 0.120 e. The number of aromatic nitrogens is 2. The molecule has 2 aromatic rings. The van der Waals surface area contributed by atoms with Gasteiger partial charge in [0.1, 0.15) is 11.2 Å². The van der Waals surface area contributed by atoms with Crippen molar-refractivity contribution in [2.45, 2.75) is 51.6 Å². The molecule has 1 unspecified atom stereocenters. The summed E-state index contributed by atoms with van der Waals surface area (Å²) in [5, 5.41) is 10.8. The normalized spacial score (nSPS) is 24.6. The molecule has 0 spiro atoms. The standard InChI is InChI=1S/C15H20N2OS/c1-15(2)5-10(6-15)13(18)12-14(9-3-4-9)19-11-7-16-8-17(11)12/h7-10,13,18H,3-6H2,1-2H3. The van der Waals surface area contributed by atoms with Crippen LogP contribution in [0.4, 0.5) is 0 Å². The quantitative estimate of drug-likeness (QED) is 0.927. The predicted molar refractivity (Wildman–Crippen MR) is 76.5 cm³/mol. The van der Waals surface area contributed by atoms with Crippen molar-refractivity contribution in [1.82, 2.24) is 9.38 Å². The molecule has 2 aliphatic rings. The minimum Gasteiger partial charge on any atom is -0.387 e. The van der Waals surface area contributed by atoms with Crippen molar-refractivity contribution in [3.63, 3.8) is 0 Å². The predicted octanol–water partition coefficient (Wildman–Crippen LogP) is 3.74. The molecule has 4 rings (SSSR count). The molecule has 0 aliphatic heterocycles. The summed E-state index contributed by atoms with van der Waals surface area (Å²) in [6, 6.07) is 0. The highest BCUT2D eigenvalue weighted by Gasteiger charge is 2.43. The number of rotatable bonds is 3. The first-order valence-corrected chi connectivity index (χ1v) is 7.99. The molecule has 19 heavy (non-hydrogen) atoms. The number of fused-ring (bicyclic) bond motifs is 1. The van der Waals surface area contributed by atoms with E-state index >= 15 is 0 Å². The fraction of sp³-hybridized carbons (Fsp3) is 0.667. The third kappa shape index (κ3) is 1.84. The number of imidazole rings is 1. The number of thiazole rings is 1. The highest BCUT2D eigenvalue weighted by atomic mass is 32.1. The third-order valence-electron chi connectivity index (χ3n) is 4.64. The van der Waals surface area contributed by atoms with Crippen molar-refractivity contribution in [2.24, 2.45) is 11.3 Å². The van der Waals surface area contributed by atoms with Crippen molar-refractivity contribution in [3.05, 3.63) is 23.1 Å². The lowest BCUT2D eigenvalue weighted by Gasteiger charge is -2.45. The molecular weight excluding hydrogens is 256 g/mol. The second-order valence-electron chi connectivity index (χ2n) is 7.01. The van der Waals surface area contributed by atoms with Crippen LogP contribution in [0.2, 0.25) is 0 Å². The zero-order valence-electron chi connectivity index (χ0n) is 11.5. The van der Waals surface area contributed by atoms with Gasteiger partial charge in [0, 0.05) is 4.88 Å². The Morgan fingerprint density at radius 2 is 2.16 bits per heavy atom. The number of aliphatic hydroxyl groups excluding tert-OH is 1. The molecule has 2 saturated carbocycles. The Labute approximate surface area is 117 Å². The molecule has 0 bridgehead atoms. The molecule has 2 aliphatic carbocycles. The summed E-state index contributed by atoms with van der Waals surface area (Å²) in [7, 11) is 0. The van der Waals surface area contributed by atoms with Gasteiger partial charge in [-0.05, 0) is 42.9 Å². The SMILES string of the molecule is CC1(C)CC(C(O)c2c(C3CC3)sc3cncn23)C1. The van der Waals surface area contributed by atoms with E-state index in [1.165, 1.54) is 22.5 Å². The first-order chi connectivity index (χ1) is 9.05. The smallest absolute Gasteiger partial charge is 0.120 e. The molecule has 2 heterocycles. The molecule has 0 aromatic carbocycles. The Morgan fingerprint density at radius 1 is 1.42 bits per heavy atom. The van der Waals surface area contributed by atoms with Gasteiger partial charge in [-0.25, -0.2) is 4.98 Å². The van der Waals surface area contributed by atoms with Crippen molar-refractivity contribution < 1.29 is 5.11 Å². The summed E-state index contributed by atoms with van der Waals surface area (Å²) in [6.07, 6.45) is 8.29. The Hall–Kier alpha value is -0.870.